The average Bonchev–Trinajstić information content (AvgIpc) is 0.797. The van der Waals surface area contributed by atoms with Crippen molar-refractivity contribution < 1.29 is 202 Å². The van der Waals surface area contributed by atoms with Crippen LogP contribution >= 0.6 is 0 Å². The van der Waals surface area contributed by atoms with Gasteiger partial charge in [0.25, 0.3) is 42.0 Å². The maximum Gasteiger partial charge on any atom is 0.364 e. The summed E-state index contributed by atoms with van der Waals surface area (Å²) in [6, 6.07) is 8.39. The molecule has 118 heavy (non-hydrogen) atoms. The third-order valence-electron chi connectivity index (χ3n) is 20.4. The molecule has 6 heterocycles. The van der Waals surface area contributed by atoms with Crippen molar-refractivity contribution in [2.45, 2.75) is 238 Å². The fourth-order valence-corrected chi connectivity index (χ4v) is 16.6. The predicted octanol–water partition coefficient (Wildman–Crippen LogP) is -9.50. The molecule has 50 heteroatoms. The van der Waals surface area contributed by atoms with Crippen LogP contribution in [0.2, 0.25) is 0 Å². The first kappa shape index (κ1) is 93.2. The molecule has 4 amide bonds. The fourth-order valence-electron chi connectivity index (χ4n) is 14.6. The van der Waals surface area contributed by atoms with E-state index in [1.54, 1.807) is 6.07 Å². The van der Waals surface area contributed by atoms with E-state index in [0.717, 1.165) is 26.8 Å². The number of aliphatic hydroxyl groups is 16. The first-order chi connectivity index (χ1) is 55.3. The van der Waals surface area contributed by atoms with E-state index in [1.165, 1.54) is 49.4 Å². The summed E-state index contributed by atoms with van der Waals surface area (Å²) in [7, 11) is -16.1. The number of aliphatic carboxylic acids is 1. The van der Waals surface area contributed by atoms with E-state index in [4.69, 9.17) is 52.1 Å². The molecule has 6 aliphatic rings. The largest absolute Gasteiger partial charge is 0.477 e. The SMILES string of the molecule is CC(=O)N[C@@H]1[C@@H](O)[C@H](OC2O[C@H](CO)[C@H](O)[C@H](O[C@@H]3O[C@H](CO)[C@@H](O[C@@H]4O[C@@H](C)[C@@H](O)[C@@H](O)[C@@H]4O)[C@H](O[C@@H]4O[C@H](CO)[C@H](O)[C@H](O[C@]5(C(=O)O)C[C@H](O)[C@@H](NC(C)=O)[C@H]([C@H](O)[C@@H](O)CO)O5)[C@H]4O)[C@H]3NC(C)=O)[C@H]2O)[C@@H](CO)O[C@H]1Nc1cccc(-c2ccc(C(=O)Nc3ccc(S(=O)(=O)O)c4cc(S(=O)(=O)O)cc(S(=O)(=O)O)c34)cc2)c1. The highest BCUT2D eigenvalue weighted by molar-refractivity contribution is 7.87. The Morgan fingerprint density at radius 3 is 1.60 bits per heavy atom. The van der Waals surface area contributed by atoms with Gasteiger partial charge in [-0.1, -0.05) is 24.3 Å². The molecule has 658 valence electrons. The number of amides is 4. The molecule has 0 spiro atoms. The minimum atomic E-state index is -5.49. The molecule has 6 saturated heterocycles. The maximum atomic E-state index is 13.8. The van der Waals surface area contributed by atoms with Crippen LogP contribution in [0.4, 0.5) is 11.4 Å². The molecule has 0 radical (unpaired) electrons. The molecule has 25 N–H and O–H groups in total. The van der Waals surface area contributed by atoms with Gasteiger partial charge in [0.15, 0.2) is 31.4 Å². The summed E-state index contributed by atoms with van der Waals surface area (Å²) in [6.45, 7) is -1.74. The van der Waals surface area contributed by atoms with Crippen molar-refractivity contribution in [3.63, 3.8) is 0 Å². The second-order valence-corrected chi connectivity index (χ2v) is 32.7. The van der Waals surface area contributed by atoms with Crippen LogP contribution in [0.25, 0.3) is 21.9 Å². The van der Waals surface area contributed by atoms with Crippen molar-refractivity contribution in [3.05, 3.63) is 78.4 Å². The molecule has 4 aromatic rings. The van der Waals surface area contributed by atoms with Crippen LogP contribution in [0.3, 0.4) is 0 Å². The number of benzene rings is 4. The number of hydrogen-bond donors (Lipinski definition) is 25. The van der Waals surface area contributed by atoms with Gasteiger partial charge in [-0.25, -0.2) is 4.79 Å². The van der Waals surface area contributed by atoms with E-state index in [0.29, 0.717) is 23.3 Å². The number of carboxylic acid groups (broad SMARTS) is 1. The topological polar surface area (TPSA) is 754 Å². The summed E-state index contributed by atoms with van der Waals surface area (Å²) in [5, 5.41) is 201. The van der Waals surface area contributed by atoms with Gasteiger partial charge in [0.1, 0.15) is 144 Å². The Bertz CT molecular complexity index is 4600. The van der Waals surface area contributed by atoms with E-state index in [-0.39, 0.29) is 17.3 Å². The van der Waals surface area contributed by atoms with Gasteiger partial charge in [-0.3, -0.25) is 32.8 Å². The van der Waals surface area contributed by atoms with Crippen molar-refractivity contribution in [1.82, 2.24) is 16.0 Å². The normalized spacial score (nSPS) is 36.1. The molecular weight excluding hydrogens is 1650 g/mol. The monoisotopic (exact) mass is 1750 g/mol. The molecule has 6 aliphatic heterocycles. The van der Waals surface area contributed by atoms with E-state index in [9.17, 15) is 150 Å². The number of rotatable bonds is 29. The minimum absolute atomic E-state index is 0.143. The Labute approximate surface area is 668 Å². The molecule has 0 saturated carbocycles. The van der Waals surface area contributed by atoms with E-state index in [2.05, 4.69) is 26.6 Å². The molecular formula is C68H91N5O42S3. The second-order valence-electron chi connectivity index (χ2n) is 28.5. The summed E-state index contributed by atoms with van der Waals surface area (Å²) >= 11 is 0. The van der Waals surface area contributed by atoms with E-state index >= 15 is 0 Å². The Morgan fingerprint density at radius 2 is 1.04 bits per heavy atom. The zero-order valence-corrected chi connectivity index (χ0v) is 64.6. The van der Waals surface area contributed by atoms with Gasteiger partial charge in [-0.2, -0.15) is 25.3 Å². The van der Waals surface area contributed by atoms with Crippen LogP contribution in [0.1, 0.15) is 44.5 Å². The quantitative estimate of drug-likeness (QED) is 0.0225. The molecule has 0 aromatic heterocycles. The van der Waals surface area contributed by atoms with Crippen molar-refractivity contribution >= 4 is 82.1 Å². The lowest BCUT2D eigenvalue weighted by Crippen LogP contribution is -2.72. The van der Waals surface area contributed by atoms with Gasteiger partial charge >= 0.3 is 5.97 Å². The van der Waals surface area contributed by atoms with E-state index in [1.807, 2.05) is 0 Å². The zero-order valence-electron chi connectivity index (χ0n) is 62.1. The summed E-state index contributed by atoms with van der Waals surface area (Å²) in [6.07, 6.45) is -58.0. The number of nitrogens with one attached hydrogen (secondary N) is 5. The first-order valence-corrected chi connectivity index (χ1v) is 40.3. The Morgan fingerprint density at radius 1 is 0.517 bits per heavy atom. The highest BCUT2D eigenvalue weighted by Gasteiger charge is 2.62. The standard InChI is InChI=1S/C68H91N5O42S3/c1-23-46(84)51(89)52(90)64(105-23)111-56-39(22-78)109-63(45(71-26(4)81)58(56)112-66-54(92)60(49(87)37(20-76)108-66)115-68(67(94)95)17-34(82)43(69-24(2)79)57(114-68)47(85)35(83)18-74)113-59-48(86)36(19-75)107-65(53(59)91)110-55-38(21-77)106-62(44(50(55)88)70-25(3)80)72-30-7-5-6-29(14-30)27-8-10-28(11-9-27)61(93)73-33-12-13-40(117(99,100)101)32-15-31(116(96,97)98)16-41(42(32)33)118(102,103)104/h5-16,23,34-39,43-60,62-66,72,74-78,82-92H,17-22H2,1-4H3,(H,69,79)(H,70,80)(H,71,81)(H,73,93)(H,94,95)(H,96,97,98)(H,99,100,101)(H,102,103,104)/t23-,34-,35-,36+,37+,38+,39+,43+,44+,45+,46+,47+,48-,49-,50+,51+,52-,53+,54+,55+,56+,57+,58+,59-,60-,62+,63-,64-,65?,66-,68-/m0/s1. The number of fused-ring (bicyclic) bond motifs is 1. The molecule has 1 unspecified atom stereocenters. The van der Waals surface area contributed by atoms with Crippen LogP contribution in [-0.4, -0.2) is 378 Å². The molecule has 47 nitrogen and oxygen atoms in total. The number of carboxylic acids is 1. The van der Waals surface area contributed by atoms with Crippen LogP contribution in [0.15, 0.2) is 87.5 Å². The van der Waals surface area contributed by atoms with Gasteiger partial charge in [0, 0.05) is 49.2 Å². The number of carbonyl (C=O) groups is 5. The number of hydrogen-bond acceptors (Lipinski definition) is 39. The van der Waals surface area contributed by atoms with Gasteiger partial charge < -0.3 is 166 Å². The zero-order chi connectivity index (χ0) is 87.0. The third-order valence-corrected chi connectivity index (χ3v) is 23.0. The van der Waals surface area contributed by atoms with Crippen molar-refractivity contribution in [1.29, 1.82) is 0 Å². The molecule has 0 bridgehead atoms. The van der Waals surface area contributed by atoms with Gasteiger partial charge in [0.2, 0.25) is 17.7 Å². The van der Waals surface area contributed by atoms with Gasteiger partial charge in [-0.05, 0) is 66.6 Å². The van der Waals surface area contributed by atoms with Gasteiger partial charge in [0.05, 0.1) is 61.9 Å². The van der Waals surface area contributed by atoms with Crippen LogP contribution in [-0.2, 0) is 102 Å². The summed E-state index contributed by atoms with van der Waals surface area (Å²) in [5.41, 5.74) is 0.310. The van der Waals surface area contributed by atoms with Crippen LogP contribution < -0.4 is 26.6 Å². The molecule has 10 rings (SSSR count). The molecule has 4 aromatic carbocycles. The van der Waals surface area contributed by atoms with E-state index < -0.39 is 320 Å². The van der Waals surface area contributed by atoms with Gasteiger partial charge in [-0.15, -0.1) is 0 Å². The lowest BCUT2D eigenvalue weighted by Gasteiger charge is -2.52. The van der Waals surface area contributed by atoms with Crippen molar-refractivity contribution in [3.8, 4) is 11.1 Å². The number of aliphatic hydroxyl groups excluding tert-OH is 16. The summed E-state index contributed by atoms with van der Waals surface area (Å²) in [5.74, 6) is -9.21. The third kappa shape index (κ3) is 20.2. The summed E-state index contributed by atoms with van der Waals surface area (Å²) in [4.78, 5) is 62.5. The minimum Gasteiger partial charge on any atom is -0.477 e. The molecule has 6 fully saturated rings. The average molecular weight is 1750 g/mol. The molecule has 0 aliphatic carbocycles. The van der Waals surface area contributed by atoms with Crippen LogP contribution in [0.5, 0.6) is 0 Å². The smallest absolute Gasteiger partial charge is 0.364 e. The lowest BCUT2D eigenvalue weighted by molar-refractivity contribution is -0.398. The number of anilines is 2. The number of carbonyl (C=O) groups excluding carboxylic acids is 4. The van der Waals surface area contributed by atoms with Crippen molar-refractivity contribution in [2.75, 3.05) is 43.7 Å². The first-order valence-electron chi connectivity index (χ1n) is 35.9. The lowest BCUT2D eigenvalue weighted by atomic mass is 9.88. The second kappa shape index (κ2) is 37.7. The van der Waals surface area contributed by atoms with Crippen molar-refractivity contribution in [2.24, 2.45) is 0 Å². The summed E-state index contributed by atoms with van der Waals surface area (Å²) < 4.78 is 170. The number of ether oxygens (including phenoxy) is 11. The molecule has 31 atom stereocenters. The Balaban J connectivity index is 0.908. The fraction of sp³-hybridized carbons (Fsp3) is 0.603. The maximum absolute atomic E-state index is 13.8. The highest BCUT2D eigenvalue weighted by Crippen LogP contribution is 2.43. The Hall–Kier alpha value is -7.06. The highest BCUT2D eigenvalue weighted by atomic mass is 32.2. The van der Waals surface area contributed by atoms with Crippen LogP contribution in [0, 0.1) is 0 Å². The predicted molar refractivity (Wildman–Crippen MR) is 384 cm³/mol. The Kier molecular flexibility index (Phi) is 29.8.